The van der Waals surface area contributed by atoms with Crippen LogP contribution in [-0.4, -0.2) is 114 Å². The standard InChI is InChI=1S/C47H57N9O9S/c1-47(2,3)29-25-37(43(64-5)38(26-29)54-66(6)62)53-46(61)52-36-14-15-39(33-10-8-7-9-32(33)36)65-31-17-18-49-41(28-31)51-30-11-12-34(40(27-30)63-4)44(58)50-19-20-55-21-23-56(24-22-55)42(57)16-13-35(48)45(59)60/h7-12,14-15,17-18,25-28,35,54H,13,16,19-24,48H2,1-6H3,(H,49,51)(H,50,58)(H,59,60)(H2,52,53,61)/t35-,66?/m0/s1. The number of ether oxygens (including phenoxy) is 3. The van der Waals surface area contributed by atoms with Gasteiger partial charge in [-0.2, -0.15) is 0 Å². The zero-order valence-corrected chi connectivity index (χ0v) is 38.7. The molecule has 4 amide bonds. The van der Waals surface area contributed by atoms with E-state index in [9.17, 15) is 23.4 Å². The number of hydrogen-bond acceptors (Lipinski definition) is 12. The van der Waals surface area contributed by atoms with E-state index in [-0.39, 0.29) is 30.1 Å². The van der Waals surface area contributed by atoms with Gasteiger partial charge < -0.3 is 55.9 Å². The van der Waals surface area contributed by atoms with E-state index < -0.39 is 29.0 Å². The highest BCUT2D eigenvalue weighted by molar-refractivity contribution is 7.85. The predicted molar refractivity (Wildman–Crippen MR) is 257 cm³/mol. The van der Waals surface area contributed by atoms with E-state index in [0.717, 1.165) is 16.3 Å². The van der Waals surface area contributed by atoms with E-state index in [1.165, 1.54) is 20.5 Å². The Morgan fingerprint density at radius 1 is 0.864 bits per heavy atom. The number of hydrogen-bond donors (Lipinski definition) is 7. The Balaban J connectivity index is 1.06. The van der Waals surface area contributed by atoms with Crippen molar-refractivity contribution in [2.75, 3.05) is 80.4 Å². The van der Waals surface area contributed by atoms with Gasteiger partial charge in [-0.05, 0) is 59.9 Å². The van der Waals surface area contributed by atoms with Gasteiger partial charge in [0, 0.05) is 86.7 Å². The number of fused-ring (bicyclic) bond motifs is 1. The maximum atomic E-state index is 13.5. The Morgan fingerprint density at radius 3 is 2.26 bits per heavy atom. The highest BCUT2D eigenvalue weighted by Gasteiger charge is 2.24. The number of methoxy groups -OCH3 is 2. The number of pyridine rings is 1. The lowest BCUT2D eigenvalue weighted by molar-refractivity contribution is -0.139. The highest BCUT2D eigenvalue weighted by atomic mass is 32.2. The first-order valence-corrected chi connectivity index (χ1v) is 22.9. The van der Waals surface area contributed by atoms with Crippen molar-refractivity contribution in [1.82, 2.24) is 20.1 Å². The second kappa shape index (κ2) is 21.8. The fraction of sp³-hybridized carbons (Fsp3) is 0.340. The van der Waals surface area contributed by atoms with Gasteiger partial charge in [0.05, 0.1) is 36.8 Å². The topological polar surface area (TPSA) is 239 Å². The molecule has 1 fully saturated rings. The minimum atomic E-state index is -1.38. The third-order valence-corrected chi connectivity index (χ3v) is 11.4. The van der Waals surface area contributed by atoms with Crippen molar-refractivity contribution < 1.29 is 42.7 Å². The summed E-state index contributed by atoms with van der Waals surface area (Å²) in [5.74, 6) is 0.698. The average Bonchev–Trinajstić information content (AvgIpc) is 3.28. The highest BCUT2D eigenvalue weighted by Crippen LogP contribution is 2.40. The average molecular weight is 924 g/mol. The van der Waals surface area contributed by atoms with Crippen molar-refractivity contribution in [2.24, 2.45) is 5.73 Å². The molecular weight excluding hydrogens is 867 g/mol. The molecule has 0 saturated carbocycles. The van der Waals surface area contributed by atoms with Gasteiger partial charge in [-0.3, -0.25) is 19.3 Å². The van der Waals surface area contributed by atoms with E-state index in [0.29, 0.717) is 96.4 Å². The summed E-state index contributed by atoms with van der Waals surface area (Å²) in [7, 11) is 1.60. The molecule has 1 aliphatic heterocycles. The summed E-state index contributed by atoms with van der Waals surface area (Å²) in [6, 6.07) is 21.8. The Morgan fingerprint density at radius 2 is 1.58 bits per heavy atom. The molecular formula is C47H57N9O9S. The van der Waals surface area contributed by atoms with Crippen LogP contribution in [0.15, 0.2) is 85.1 Å². The number of rotatable bonds is 18. The van der Waals surface area contributed by atoms with Crippen LogP contribution in [0.3, 0.4) is 0 Å². The van der Waals surface area contributed by atoms with E-state index in [4.69, 9.17) is 25.1 Å². The largest absolute Gasteiger partial charge is 0.496 e. The van der Waals surface area contributed by atoms with Crippen LogP contribution in [0.25, 0.3) is 10.8 Å². The monoisotopic (exact) mass is 923 g/mol. The van der Waals surface area contributed by atoms with Crippen molar-refractivity contribution in [3.05, 3.63) is 96.2 Å². The lowest BCUT2D eigenvalue weighted by Gasteiger charge is -2.34. The molecule has 1 saturated heterocycles. The molecule has 5 aromatic rings. The van der Waals surface area contributed by atoms with Crippen LogP contribution < -0.4 is 45.9 Å². The Hall–Kier alpha value is -6.96. The Bertz CT molecular complexity index is 2600. The van der Waals surface area contributed by atoms with Crippen LogP contribution in [0.1, 0.15) is 49.5 Å². The van der Waals surface area contributed by atoms with Gasteiger partial charge >= 0.3 is 12.0 Å². The number of benzene rings is 4. The van der Waals surface area contributed by atoms with Gasteiger partial charge in [-0.15, -0.1) is 0 Å². The van der Waals surface area contributed by atoms with Crippen LogP contribution in [0.2, 0.25) is 0 Å². The summed E-state index contributed by atoms with van der Waals surface area (Å²) in [6.07, 6.45) is 3.31. The Kier molecular flexibility index (Phi) is 16.0. The molecule has 2 atom stereocenters. The van der Waals surface area contributed by atoms with Gasteiger partial charge in [0.2, 0.25) is 5.91 Å². The van der Waals surface area contributed by atoms with Crippen molar-refractivity contribution in [3.63, 3.8) is 0 Å². The molecule has 66 heavy (non-hydrogen) atoms. The third kappa shape index (κ3) is 12.6. The van der Waals surface area contributed by atoms with Gasteiger partial charge in [0.15, 0.2) is 5.75 Å². The number of carbonyl (C=O) groups is 4. The van der Waals surface area contributed by atoms with E-state index in [1.54, 1.807) is 53.6 Å². The first-order chi connectivity index (χ1) is 31.5. The number of nitrogens with zero attached hydrogens (tertiary/aromatic N) is 3. The summed E-state index contributed by atoms with van der Waals surface area (Å²) < 4.78 is 32.7. The number of carboxylic acid groups (broad SMARTS) is 1. The molecule has 1 unspecified atom stereocenters. The molecule has 6 rings (SSSR count). The van der Waals surface area contributed by atoms with Gasteiger partial charge in [-0.25, -0.2) is 14.0 Å². The summed E-state index contributed by atoms with van der Waals surface area (Å²) in [6.45, 7) is 9.40. The lowest BCUT2D eigenvalue weighted by Crippen LogP contribution is -2.50. The molecule has 0 bridgehead atoms. The minimum absolute atomic E-state index is 0.0900. The summed E-state index contributed by atoms with van der Waals surface area (Å²) in [4.78, 5) is 58.5. The number of anilines is 5. The molecule has 350 valence electrons. The molecule has 18 nitrogen and oxygen atoms in total. The number of urea groups is 1. The smallest absolute Gasteiger partial charge is 0.323 e. The summed E-state index contributed by atoms with van der Waals surface area (Å²) in [5, 5.41) is 22.5. The lowest BCUT2D eigenvalue weighted by atomic mass is 9.86. The van der Waals surface area contributed by atoms with Crippen LogP contribution in [0.5, 0.6) is 23.0 Å². The van der Waals surface area contributed by atoms with Gasteiger partial charge in [0.25, 0.3) is 5.91 Å². The fourth-order valence-corrected chi connectivity index (χ4v) is 7.79. The number of aromatic nitrogens is 1. The van der Waals surface area contributed by atoms with Gasteiger partial charge in [0.1, 0.15) is 40.1 Å². The van der Waals surface area contributed by atoms with E-state index in [2.05, 4.69) is 35.9 Å². The zero-order chi connectivity index (χ0) is 47.5. The zero-order valence-electron chi connectivity index (χ0n) is 37.9. The second-order valence-electron chi connectivity index (χ2n) is 16.6. The maximum Gasteiger partial charge on any atom is 0.323 e. The first kappa shape index (κ1) is 48.5. The predicted octanol–water partition coefficient (Wildman–Crippen LogP) is 6.50. The molecule has 1 aromatic heterocycles. The van der Waals surface area contributed by atoms with Crippen LogP contribution in [0.4, 0.5) is 33.4 Å². The first-order valence-electron chi connectivity index (χ1n) is 21.3. The molecule has 19 heteroatoms. The van der Waals surface area contributed by atoms with Crippen molar-refractivity contribution in [2.45, 2.75) is 45.1 Å². The third-order valence-electron chi connectivity index (χ3n) is 10.9. The van der Waals surface area contributed by atoms with E-state index >= 15 is 0 Å². The molecule has 0 spiro atoms. The van der Waals surface area contributed by atoms with Crippen molar-refractivity contribution in [3.8, 4) is 23.0 Å². The number of carbonyl (C=O) groups excluding carboxylic acids is 3. The normalized spacial score (nSPS) is 13.8. The van der Waals surface area contributed by atoms with Gasteiger partial charge in [-0.1, -0.05) is 45.0 Å². The number of amides is 4. The van der Waals surface area contributed by atoms with E-state index in [1.807, 2.05) is 57.2 Å². The molecule has 2 heterocycles. The quantitative estimate of drug-likeness (QED) is 0.0498. The second-order valence-corrected chi connectivity index (χ2v) is 17.7. The molecule has 4 aromatic carbocycles. The number of aliphatic carboxylic acids is 1. The number of nitrogens with one attached hydrogen (secondary N) is 5. The number of piperazine rings is 1. The van der Waals surface area contributed by atoms with Crippen LogP contribution >= 0.6 is 0 Å². The number of nitrogens with two attached hydrogens (primary N) is 1. The van der Waals surface area contributed by atoms with Crippen LogP contribution in [0, 0.1) is 0 Å². The molecule has 0 aliphatic carbocycles. The Labute approximate surface area is 386 Å². The molecule has 1 aliphatic rings. The summed E-state index contributed by atoms with van der Waals surface area (Å²) in [5.41, 5.74) is 8.59. The number of carboxylic acids is 1. The SMILES string of the molecule is COc1cc(Nc2cc(Oc3ccc(NC(=O)Nc4cc(C(C)(C)C)cc(NS(C)=O)c4OC)c4ccccc34)ccn2)ccc1C(=O)NCCN1CCN(C(=O)CC[C@H](N)C(=O)O)CC1. The van der Waals surface area contributed by atoms with Crippen molar-refractivity contribution >= 4 is 74.1 Å². The van der Waals surface area contributed by atoms with Crippen LogP contribution in [-0.2, 0) is 26.0 Å². The molecule has 0 radical (unpaired) electrons. The minimum Gasteiger partial charge on any atom is -0.496 e. The maximum absolute atomic E-state index is 13.5. The fourth-order valence-electron chi connectivity index (χ4n) is 7.33. The molecule has 8 N–H and O–H groups in total. The van der Waals surface area contributed by atoms with Crippen molar-refractivity contribution in [1.29, 1.82) is 0 Å². The summed E-state index contributed by atoms with van der Waals surface area (Å²) >= 11 is 0.